The smallest absolute Gasteiger partial charge is 0.337 e. The molecule has 2 atom stereocenters. The van der Waals surface area contributed by atoms with Gasteiger partial charge in [0.15, 0.2) is 29.2 Å². The van der Waals surface area contributed by atoms with Gasteiger partial charge in [-0.3, -0.25) is 5.43 Å². The summed E-state index contributed by atoms with van der Waals surface area (Å²) in [7, 11) is 2.85. The van der Waals surface area contributed by atoms with Crippen molar-refractivity contribution < 1.29 is 38.4 Å². The summed E-state index contributed by atoms with van der Waals surface area (Å²) < 4.78 is 28.9. The van der Waals surface area contributed by atoms with Crippen molar-refractivity contribution in [1.29, 1.82) is 0 Å². The predicted molar refractivity (Wildman–Crippen MR) is 175 cm³/mol. The van der Waals surface area contributed by atoms with Crippen molar-refractivity contribution in [3.63, 3.8) is 0 Å². The Morgan fingerprint density at radius 1 is 1.07 bits per heavy atom. The number of ether oxygens (including phenoxy) is 5. The van der Waals surface area contributed by atoms with E-state index in [-0.39, 0.29) is 12.2 Å². The number of rotatable bonds is 14. The molecule has 4 rings (SSSR count). The van der Waals surface area contributed by atoms with Gasteiger partial charge in [0, 0.05) is 5.70 Å². The first-order valence-corrected chi connectivity index (χ1v) is 15.1. The number of urea groups is 1. The quantitative estimate of drug-likeness (QED) is 0.0623. The van der Waals surface area contributed by atoms with E-state index in [1.54, 1.807) is 44.5 Å². The number of amides is 2. The van der Waals surface area contributed by atoms with Gasteiger partial charge < -0.3 is 39.4 Å². The van der Waals surface area contributed by atoms with E-state index in [2.05, 4.69) is 43.8 Å². The zero-order valence-corrected chi connectivity index (χ0v) is 27.4. The molecule has 3 aromatic carbocycles. The van der Waals surface area contributed by atoms with Crippen LogP contribution >= 0.6 is 22.6 Å². The molecule has 0 aliphatic carbocycles. The van der Waals surface area contributed by atoms with E-state index in [0.717, 1.165) is 14.7 Å². The number of nitrogens with zero attached hydrogens (tertiary/aromatic N) is 1. The van der Waals surface area contributed by atoms with E-state index in [1.165, 1.54) is 7.11 Å². The highest BCUT2D eigenvalue weighted by Gasteiger charge is 2.32. The first-order valence-electron chi connectivity index (χ1n) is 14.0. The molecule has 1 heterocycles. The minimum Gasteiger partial charge on any atom is -0.493 e. The van der Waals surface area contributed by atoms with Crippen molar-refractivity contribution in [2.24, 2.45) is 5.10 Å². The number of nitrogens with one attached hydrogen (secondary N) is 3. The van der Waals surface area contributed by atoms with Gasteiger partial charge in [-0.1, -0.05) is 36.4 Å². The number of aliphatic hydroxyl groups is 1. The lowest BCUT2D eigenvalue weighted by atomic mass is 9.95. The molecule has 3 aromatic rings. The van der Waals surface area contributed by atoms with Crippen LogP contribution in [-0.4, -0.2) is 57.0 Å². The van der Waals surface area contributed by atoms with Gasteiger partial charge in [-0.15, -0.1) is 0 Å². The van der Waals surface area contributed by atoms with E-state index in [0.29, 0.717) is 47.5 Å². The minimum atomic E-state index is -1.15. The van der Waals surface area contributed by atoms with Crippen LogP contribution in [0.3, 0.4) is 0 Å². The molecular formula is C32H35IN4O8. The molecule has 0 fully saturated rings. The number of hydrogen-bond donors (Lipinski definition) is 4. The highest BCUT2D eigenvalue weighted by Crippen LogP contribution is 2.36. The Labute approximate surface area is 274 Å². The van der Waals surface area contributed by atoms with Gasteiger partial charge in [-0.05, 0) is 77.4 Å². The molecule has 0 spiro atoms. The number of halogens is 1. The number of carbonyl (C=O) groups is 2. The predicted octanol–water partition coefficient (Wildman–Crippen LogP) is 4.40. The molecule has 4 N–H and O–H groups in total. The highest BCUT2D eigenvalue weighted by molar-refractivity contribution is 14.1. The molecular weight excluding hydrogens is 695 g/mol. The maximum atomic E-state index is 12.5. The van der Waals surface area contributed by atoms with Gasteiger partial charge in [0.05, 0.1) is 42.2 Å². The van der Waals surface area contributed by atoms with E-state index in [1.807, 2.05) is 43.3 Å². The van der Waals surface area contributed by atoms with Crippen molar-refractivity contribution in [3.8, 4) is 23.0 Å². The molecule has 1 aliphatic heterocycles. The fourth-order valence-electron chi connectivity index (χ4n) is 4.50. The van der Waals surface area contributed by atoms with Crippen LogP contribution in [0.1, 0.15) is 36.6 Å². The van der Waals surface area contributed by atoms with Gasteiger partial charge in [-0.2, -0.15) is 5.10 Å². The third-order valence-electron chi connectivity index (χ3n) is 6.59. The number of hydrogen-bond acceptors (Lipinski definition) is 10. The third-order valence-corrected chi connectivity index (χ3v) is 7.39. The number of esters is 1. The Morgan fingerprint density at radius 2 is 1.84 bits per heavy atom. The summed E-state index contributed by atoms with van der Waals surface area (Å²) in [6.45, 7) is 4.03. The highest BCUT2D eigenvalue weighted by atomic mass is 127. The SMILES string of the molecule is CCOc1cc([C@H]2NC(=O)NC(C)=C2C(=O)OC)ccc1OC[C@H](O)N/N=C\c1cc(I)c(OCc2ccccc2)c(OC)c1. The van der Waals surface area contributed by atoms with Gasteiger partial charge in [-0.25, -0.2) is 9.59 Å². The zero-order valence-electron chi connectivity index (χ0n) is 25.3. The molecule has 2 amide bonds. The molecule has 0 saturated carbocycles. The molecule has 12 nitrogen and oxygen atoms in total. The first kappa shape index (κ1) is 33.4. The fourth-order valence-corrected chi connectivity index (χ4v) is 5.29. The van der Waals surface area contributed by atoms with Crippen LogP contribution in [0.2, 0.25) is 0 Å². The topological polar surface area (TPSA) is 149 Å². The molecule has 0 saturated heterocycles. The summed E-state index contributed by atoms with van der Waals surface area (Å²) in [5.41, 5.74) is 5.67. The number of hydrazone groups is 1. The Morgan fingerprint density at radius 3 is 2.56 bits per heavy atom. The molecule has 0 radical (unpaired) electrons. The summed E-state index contributed by atoms with van der Waals surface area (Å²) >= 11 is 2.18. The monoisotopic (exact) mass is 730 g/mol. The first-order chi connectivity index (χ1) is 21.7. The van der Waals surface area contributed by atoms with Crippen LogP contribution in [-0.2, 0) is 16.1 Å². The second-order valence-corrected chi connectivity index (χ2v) is 10.9. The molecule has 0 aromatic heterocycles. The van der Waals surface area contributed by atoms with Gasteiger partial charge >= 0.3 is 12.0 Å². The minimum absolute atomic E-state index is 0.152. The van der Waals surface area contributed by atoms with Crippen LogP contribution in [0.4, 0.5) is 4.79 Å². The lowest BCUT2D eigenvalue weighted by Gasteiger charge is -2.28. The Hall–Kier alpha value is -4.50. The normalized spacial score (nSPS) is 15.2. The van der Waals surface area contributed by atoms with Gasteiger partial charge in [0.25, 0.3) is 0 Å². The summed E-state index contributed by atoms with van der Waals surface area (Å²) in [5.74, 6) is 1.35. The van der Waals surface area contributed by atoms with Crippen molar-refractivity contribution in [2.75, 3.05) is 27.4 Å². The van der Waals surface area contributed by atoms with Crippen molar-refractivity contribution >= 4 is 40.8 Å². The van der Waals surface area contributed by atoms with E-state index in [9.17, 15) is 14.7 Å². The van der Waals surface area contributed by atoms with Crippen LogP contribution in [0, 0.1) is 3.57 Å². The van der Waals surface area contributed by atoms with Crippen molar-refractivity contribution in [1.82, 2.24) is 16.1 Å². The number of allylic oxidation sites excluding steroid dienone is 1. The average Bonchev–Trinajstić information content (AvgIpc) is 3.03. The number of benzene rings is 3. The molecule has 45 heavy (non-hydrogen) atoms. The lowest BCUT2D eigenvalue weighted by Crippen LogP contribution is -2.45. The summed E-state index contributed by atoms with van der Waals surface area (Å²) in [5, 5.41) is 20.0. The van der Waals surface area contributed by atoms with E-state index in [4.69, 9.17) is 23.7 Å². The standard InChI is InChI=1S/C32H35IN4O8/c1-5-43-25-15-22(29-28(31(39)42-4)19(2)35-32(40)36-29)11-12-24(25)44-18-27(38)37-34-16-21-13-23(33)30(26(14-21)41-3)45-17-20-9-7-6-8-10-20/h6-16,27,29,37-38H,5,17-18H2,1-4H3,(H2,35,36,40)/b34-16-/t27-,29+/m0/s1. The molecule has 0 unspecified atom stereocenters. The summed E-state index contributed by atoms with van der Waals surface area (Å²) in [6.07, 6.45) is 0.405. The van der Waals surface area contributed by atoms with Crippen LogP contribution in [0.15, 0.2) is 77.0 Å². The summed E-state index contributed by atoms with van der Waals surface area (Å²) in [6, 6.07) is 17.3. The van der Waals surface area contributed by atoms with Crippen LogP contribution in [0.25, 0.3) is 0 Å². The molecule has 1 aliphatic rings. The largest absolute Gasteiger partial charge is 0.493 e. The van der Waals surface area contributed by atoms with Crippen molar-refractivity contribution in [3.05, 3.63) is 92.2 Å². The zero-order chi connectivity index (χ0) is 32.3. The number of carbonyl (C=O) groups excluding carboxylic acids is 2. The van der Waals surface area contributed by atoms with Crippen molar-refractivity contribution in [2.45, 2.75) is 32.7 Å². The van der Waals surface area contributed by atoms with Gasteiger partial charge in [0.2, 0.25) is 0 Å². The maximum absolute atomic E-state index is 12.5. The van der Waals surface area contributed by atoms with Gasteiger partial charge in [0.1, 0.15) is 13.2 Å². The molecule has 13 heteroatoms. The lowest BCUT2D eigenvalue weighted by molar-refractivity contribution is -0.136. The third kappa shape index (κ3) is 8.79. The second kappa shape index (κ2) is 16.0. The average molecular weight is 731 g/mol. The maximum Gasteiger partial charge on any atom is 0.337 e. The second-order valence-electron chi connectivity index (χ2n) is 9.72. The molecule has 0 bridgehead atoms. The Bertz CT molecular complexity index is 1560. The summed E-state index contributed by atoms with van der Waals surface area (Å²) in [4.78, 5) is 24.6. The van der Waals surface area contributed by atoms with E-state index < -0.39 is 24.3 Å². The Balaban J connectivity index is 1.39. The number of aliphatic hydroxyl groups excluding tert-OH is 1. The van der Waals surface area contributed by atoms with Crippen LogP contribution in [0.5, 0.6) is 23.0 Å². The van der Waals surface area contributed by atoms with E-state index >= 15 is 0 Å². The van der Waals surface area contributed by atoms with Crippen LogP contribution < -0.4 is 35.0 Å². The fraction of sp³-hybridized carbons (Fsp3) is 0.281. The Kier molecular flexibility index (Phi) is 11.9. The molecule has 238 valence electrons. The number of methoxy groups -OCH3 is 2.